The minimum absolute atomic E-state index is 0.0355. The molecule has 0 aliphatic rings. The van der Waals surface area contributed by atoms with Crippen molar-refractivity contribution in [3.63, 3.8) is 0 Å². The third-order valence-electron chi connectivity index (χ3n) is 2.55. The molecule has 0 heterocycles. The standard InChI is InChI=1S/C13H19ClN2O/c1-3-10(2)16-13(17)9-15-8-11-4-6-12(14)7-5-11/h4-7,10,15H,3,8-9H2,1-2H3,(H,16,17). The van der Waals surface area contributed by atoms with Crippen molar-refractivity contribution in [1.29, 1.82) is 0 Å². The van der Waals surface area contributed by atoms with Crippen LogP contribution < -0.4 is 10.6 Å². The Kier molecular flexibility index (Phi) is 6.01. The topological polar surface area (TPSA) is 41.1 Å². The molecule has 0 saturated carbocycles. The van der Waals surface area contributed by atoms with Crippen LogP contribution in [0.5, 0.6) is 0 Å². The van der Waals surface area contributed by atoms with Crippen LogP contribution >= 0.6 is 11.6 Å². The van der Waals surface area contributed by atoms with Gasteiger partial charge in [0.05, 0.1) is 6.54 Å². The summed E-state index contributed by atoms with van der Waals surface area (Å²) in [4.78, 5) is 11.5. The van der Waals surface area contributed by atoms with Gasteiger partial charge >= 0.3 is 0 Å². The summed E-state index contributed by atoms with van der Waals surface area (Å²) in [5, 5.41) is 6.72. The molecule has 0 fully saturated rings. The Morgan fingerprint density at radius 2 is 2.00 bits per heavy atom. The Bertz CT molecular complexity index is 351. The number of rotatable bonds is 6. The molecular weight excluding hydrogens is 236 g/mol. The first-order valence-electron chi connectivity index (χ1n) is 5.86. The summed E-state index contributed by atoms with van der Waals surface area (Å²) in [6.45, 7) is 5.06. The summed E-state index contributed by atoms with van der Waals surface area (Å²) < 4.78 is 0. The van der Waals surface area contributed by atoms with Crippen molar-refractivity contribution in [2.24, 2.45) is 0 Å². The molecule has 0 aliphatic heterocycles. The second-order valence-corrected chi connectivity index (χ2v) is 4.54. The lowest BCUT2D eigenvalue weighted by atomic mass is 10.2. The zero-order chi connectivity index (χ0) is 12.7. The van der Waals surface area contributed by atoms with E-state index in [2.05, 4.69) is 10.6 Å². The van der Waals surface area contributed by atoms with Crippen molar-refractivity contribution in [2.75, 3.05) is 6.54 Å². The second kappa shape index (κ2) is 7.30. The molecule has 1 atom stereocenters. The van der Waals surface area contributed by atoms with E-state index in [9.17, 15) is 4.79 Å². The van der Waals surface area contributed by atoms with Gasteiger partial charge in [0, 0.05) is 17.6 Å². The van der Waals surface area contributed by atoms with Crippen molar-refractivity contribution < 1.29 is 4.79 Å². The van der Waals surface area contributed by atoms with Gasteiger partial charge in [0.15, 0.2) is 0 Å². The van der Waals surface area contributed by atoms with Crippen molar-refractivity contribution in [1.82, 2.24) is 10.6 Å². The maximum atomic E-state index is 11.5. The van der Waals surface area contributed by atoms with E-state index in [1.54, 1.807) is 0 Å². The van der Waals surface area contributed by atoms with Crippen LogP contribution in [0.2, 0.25) is 5.02 Å². The zero-order valence-electron chi connectivity index (χ0n) is 10.3. The normalized spacial score (nSPS) is 12.2. The van der Waals surface area contributed by atoms with Crippen LogP contribution in [-0.4, -0.2) is 18.5 Å². The average Bonchev–Trinajstić information content (AvgIpc) is 2.31. The number of carbonyl (C=O) groups excluding carboxylic acids is 1. The van der Waals surface area contributed by atoms with Crippen LogP contribution in [-0.2, 0) is 11.3 Å². The first-order chi connectivity index (χ1) is 8.11. The van der Waals surface area contributed by atoms with Crippen molar-refractivity contribution in [3.05, 3.63) is 34.9 Å². The second-order valence-electron chi connectivity index (χ2n) is 4.11. The largest absolute Gasteiger partial charge is 0.353 e. The molecule has 1 aromatic rings. The van der Waals surface area contributed by atoms with Crippen LogP contribution in [0.15, 0.2) is 24.3 Å². The zero-order valence-corrected chi connectivity index (χ0v) is 11.1. The van der Waals surface area contributed by atoms with E-state index in [0.717, 1.165) is 17.0 Å². The van der Waals surface area contributed by atoms with E-state index >= 15 is 0 Å². The molecule has 0 radical (unpaired) electrons. The van der Waals surface area contributed by atoms with Gasteiger partial charge in [0.25, 0.3) is 0 Å². The molecule has 1 amide bonds. The maximum absolute atomic E-state index is 11.5. The smallest absolute Gasteiger partial charge is 0.234 e. The molecule has 1 aromatic carbocycles. The first kappa shape index (κ1) is 14.0. The van der Waals surface area contributed by atoms with Crippen LogP contribution in [0.1, 0.15) is 25.8 Å². The Balaban J connectivity index is 2.23. The summed E-state index contributed by atoms with van der Waals surface area (Å²) in [6, 6.07) is 7.82. The number of halogens is 1. The molecule has 0 aliphatic carbocycles. The molecular formula is C13H19ClN2O. The number of benzene rings is 1. The van der Waals surface area contributed by atoms with Gasteiger partial charge in [-0.1, -0.05) is 30.7 Å². The molecule has 3 nitrogen and oxygen atoms in total. The summed E-state index contributed by atoms with van der Waals surface area (Å²) in [5.41, 5.74) is 1.12. The van der Waals surface area contributed by atoms with Gasteiger partial charge < -0.3 is 10.6 Å². The molecule has 2 N–H and O–H groups in total. The predicted molar refractivity (Wildman–Crippen MR) is 71.1 cm³/mol. The molecule has 0 aromatic heterocycles. The molecule has 94 valence electrons. The fourth-order valence-electron chi connectivity index (χ4n) is 1.35. The van der Waals surface area contributed by atoms with E-state index in [4.69, 9.17) is 11.6 Å². The minimum atomic E-state index is 0.0355. The quantitative estimate of drug-likeness (QED) is 0.818. The molecule has 1 unspecified atom stereocenters. The summed E-state index contributed by atoms with van der Waals surface area (Å²) in [7, 11) is 0. The van der Waals surface area contributed by atoms with Gasteiger partial charge in [-0.25, -0.2) is 0 Å². The molecule has 4 heteroatoms. The Hall–Kier alpha value is -1.06. The lowest BCUT2D eigenvalue weighted by Gasteiger charge is -2.11. The van der Waals surface area contributed by atoms with Crippen LogP contribution in [0.4, 0.5) is 0 Å². The fraction of sp³-hybridized carbons (Fsp3) is 0.462. The molecule has 1 rings (SSSR count). The predicted octanol–water partition coefficient (Wildman–Crippen LogP) is 2.34. The van der Waals surface area contributed by atoms with Crippen molar-refractivity contribution in [2.45, 2.75) is 32.9 Å². The average molecular weight is 255 g/mol. The molecule has 0 bridgehead atoms. The maximum Gasteiger partial charge on any atom is 0.234 e. The lowest BCUT2D eigenvalue weighted by molar-refractivity contribution is -0.120. The highest BCUT2D eigenvalue weighted by atomic mass is 35.5. The molecule has 17 heavy (non-hydrogen) atoms. The van der Waals surface area contributed by atoms with E-state index in [1.807, 2.05) is 38.1 Å². The van der Waals surface area contributed by atoms with Crippen LogP contribution in [0.25, 0.3) is 0 Å². The van der Waals surface area contributed by atoms with E-state index in [1.165, 1.54) is 0 Å². The highest BCUT2D eigenvalue weighted by molar-refractivity contribution is 6.30. The van der Waals surface area contributed by atoms with Gasteiger partial charge in [0.2, 0.25) is 5.91 Å². The fourth-order valence-corrected chi connectivity index (χ4v) is 1.48. The Morgan fingerprint density at radius 3 is 2.59 bits per heavy atom. The Labute approximate surface area is 108 Å². The van der Waals surface area contributed by atoms with Gasteiger partial charge in [0.1, 0.15) is 0 Å². The highest BCUT2D eigenvalue weighted by Crippen LogP contribution is 2.08. The van der Waals surface area contributed by atoms with Gasteiger partial charge in [-0.2, -0.15) is 0 Å². The van der Waals surface area contributed by atoms with Gasteiger partial charge in [-0.05, 0) is 31.0 Å². The molecule has 0 spiro atoms. The minimum Gasteiger partial charge on any atom is -0.353 e. The number of nitrogens with one attached hydrogen (secondary N) is 2. The number of carbonyl (C=O) groups is 1. The summed E-state index contributed by atoms with van der Waals surface area (Å²) >= 11 is 5.78. The monoisotopic (exact) mass is 254 g/mol. The Morgan fingerprint density at radius 1 is 1.35 bits per heavy atom. The number of hydrogen-bond acceptors (Lipinski definition) is 2. The SMILES string of the molecule is CCC(C)NC(=O)CNCc1ccc(Cl)cc1. The van der Waals surface area contributed by atoms with E-state index < -0.39 is 0 Å². The number of hydrogen-bond donors (Lipinski definition) is 2. The summed E-state index contributed by atoms with van der Waals surface area (Å²) in [6.07, 6.45) is 0.947. The van der Waals surface area contributed by atoms with Gasteiger partial charge in [-0.15, -0.1) is 0 Å². The van der Waals surface area contributed by atoms with E-state index in [0.29, 0.717) is 13.1 Å². The lowest BCUT2D eigenvalue weighted by Crippen LogP contribution is -2.38. The summed E-state index contributed by atoms with van der Waals surface area (Å²) in [5.74, 6) is 0.0355. The number of amides is 1. The van der Waals surface area contributed by atoms with Crippen LogP contribution in [0, 0.1) is 0 Å². The van der Waals surface area contributed by atoms with Crippen molar-refractivity contribution >= 4 is 17.5 Å². The van der Waals surface area contributed by atoms with Crippen LogP contribution in [0.3, 0.4) is 0 Å². The van der Waals surface area contributed by atoms with Crippen molar-refractivity contribution in [3.8, 4) is 0 Å². The third kappa shape index (κ3) is 5.71. The molecule has 0 saturated heterocycles. The highest BCUT2D eigenvalue weighted by Gasteiger charge is 2.04. The van der Waals surface area contributed by atoms with E-state index in [-0.39, 0.29) is 11.9 Å². The third-order valence-corrected chi connectivity index (χ3v) is 2.80. The van der Waals surface area contributed by atoms with Gasteiger partial charge in [-0.3, -0.25) is 4.79 Å². The first-order valence-corrected chi connectivity index (χ1v) is 6.24.